The van der Waals surface area contributed by atoms with Crippen LogP contribution in [0.25, 0.3) is 0 Å². The Hall–Kier alpha value is -1.51. The van der Waals surface area contributed by atoms with E-state index in [1.807, 2.05) is 0 Å². The average Bonchev–Trinajstić information content (AvgIpc) is 2.13. The molecule has 0 spiro atoms. The van der Waals surface area contributed by atoms with E-state index in [-0.39, 0.29) is 0 Å². The van der Waals surface area contributed by atoms with Crippen molar-refractivity contribution in [2.45, 2.75) is 0 Å². The van der Waals surface area contributed by atoms with Crippen LogP contribution in [0.1, 0.15) is 0 Å². The first-order valence-electron chi connectivity index (χ1n) is 2.55. The molecule has 9 heavy (non-hydrogen) atoms. The van der Waals surface area contributed by atoms with Gasteiger partial charge in [-0.15, -0.1) is 6.42 Å². The Morgan fingerprint density at radius 3 is 3.33 bits per heavy atom. The fraction of sp³-hybridized carbons (Fsp3) is 0. The Bertz CT molecular complexity index is 255. The summed E-state index contributed by atoms with van der Waals surface area (Å²) < 4.78 is 0. The van der Waals surface area contributed by atoms with Crippen LogP contribution in [0, 0.1) is 12.3 Å². The summed E-state index contributed by atoms with van der Waals surface area (Å²) in [6, 6.07) is 0. The summed E-state index contributed by atoms with van der Waals surface area (Å²) in [4.78, 5) is 3.74. The molecule has 1 heteroatoms. The summed E-state index contributed by atoms with van der Waals surface area (Å²) in [6.45, 7) is 0. The van der Waals surface area contributed by atoms with Gasteiger partial charge < -0.3 is 0 Å². The van der Waals surface area contributed by atoms with Gasteiger partial charge in [0.2, 0.25) is 0 Å². The lowest BCUT2D eigenvalue weighted by molar-refractivity contribution is 1.60. The third-order valence-electron chi connectivity index (χ3n) is 0.907. The maximum atomic E-state index is 5.11. The van der Waals surface area contributed by atoms with E-state index in [4.69, 9.17) is 6.42 Å². The largest absolute Gasteiger partial charge is 0.214 e. The van der Waals surface area contributed by atoms with Gasteiger partial charge in [-0.25, -0.2) is 4.99 Å². The molecule has 0 atom stereocenters. The molecule has 1 heterocycles. The Balaban J connectivity index is 2.95. The summed E-state index contributed by atoms with van der Waals surface area (Å²) in [5, 5.41) is 0. The van der Waals surface area contributed by atoms with Crippen molar-refractivity contribution in [2.24, 2.45) is 4.99 Å². The zero-order valence-corrected chi connectivity index (χ0v) is 4.83. The monoisotopic (exact) mass is 115 g/mol. The fourth-order valence-corrected chi connectivity index (χ4v) is 0.482. The fourth-order valence-electron chi connectivity index (χ4n) is 0.482. The van der Waals surface area contributed by atoms with Gasteiger partial charge in [0.1, 0.15) is 0 Å². The smallest absolute Gasteiger partial charge is 0.0380 e. The van der Waals surface area contributed by atoms with Gasteiger partial charge in [-0.1, -0.05) is 5.92 Å². The SMILES string of the molecule is C#CC1=CC=C=NC=C1. The highest BCUT2D eigenvalue weighted by Gasteiger charge is 1.81. The molecule has 42 valence electrons. The van der Waals surface area contributed by atoms with E-state index in [2.05, 4.69) is 16.8 Å². The van der Waals surface area contributed by atoms with Crippen molar-refractivity contribution in [3.05, 3.63) is 30.0 Å². The molecule has 0 fully saturated rings. The van der Waals surface area contributed by atoms with Crippen molar-refractivity contribution >= 4 is 5.87 Å². The summed E-state index contributed by atoms with van der Waals surface area (Å²) in [5.41, 5.74) is 0.823. The molecule has 0 saturated carbocycles. The van der Waals surface area contributed by atoms with Gasteiger partial charge in [-0.05, 0) is 18.0 Å². The predicted molar refractivity (Wildman–Crippen MR) is 38.1 cm³/mol. The highest BCUT2D eigenvalue weighted by molar-refractivity contribution is 5.59. The van der Waals surface area contributed by atoms with E-state index in [1.54, 1.807) is 24.4 Å². The summed E-state index contributed by atoms with van der Waals surface area (Å²) in [5.74, 6) is 5.14. The molecular formula is C8H5N. The van der Waals surface area contributed by atoms with E-state index in [0.717, 1.165) is 5.57 Å². The van der Waals surface area contributed by atoms with Gasteiger partial charge in [0, 0.05) is 17.8 Å². The minimum absolute atomic E-state index is 0.823. The van der Waals surface area contributed by atoms with Crippen LogP contribution in [0.15, 0.2) is 35.0 Å². The molecule has 1 aliphatic rings. The van der Waals surface area contributed by atoms with Gasteiger partial charge in [-0.2, -0.15) is 0 Å². The van der Waals surface area contributed by atoms with Crippen LogP contribution in [0.2, 0.25) is 0 Å². The number of terminal acetylenes is 1. The predicted octanol–water partition coefficient (Wildman–Crippen LogP) is 1.30. The zero-order chi connectivity index (χ0) is 6.53. The van der Waals surface area contributed by atoms with Crippen LogP contribution in [0.4, 0.5) is 0 Å². The van der Waals surface area contributed by atoms with Crippen molar-refractivity contribution in [3.8, 4) is 12.3 Å². The van der Waals surface area contributed by atoms with Crippen molar-refractivity contribution in [2.75, 3.05) is 0 Å². The molecule has 0 unspecified atom stereocenters. The van der Waals surface area contributed by atoms with Crippen LogP contribution in [-0.2, 0) is 0 Å². The van der Waals surface area contributed by atoms with Gasteiger partial charge >= 0.3 is 0 Å². The Morgan fingerprint density at radius 2 is 2.56 bits per heavy atom. The number of rotatable bonds is 0. The molecule has 0 amide bonds. The van der Waals surface area contributed by atoms with Gasteiger partial charge in [0.25, 0.3) is 0 Å². The lowest BCUT2D eigenvalue weighted by Gasteiger charge is -1.79. The third-order valence-corrected chi connectivity index (χ3v) is 0.907. The normalized spacial score (nSPS) is 14.3. The standard InChI is InChI=1S/C8H5N/c1-2-8-4-3-6-9-7-5-8/h1,3-5,7H. The maximum Gasteiger partial charge on any atom is 0.0380 e. The lowest BCUT2D eigenvalue weighted by atomic mass is 10.2. The van der Waals surface area contributed by atoms with Crippen LogP contribution < -0.4 is 0 Å². The summed E-state index contributed by atoms with van der Waals surface area (Å²) in [7, 11) is 0. The molecule has 0 bridgehead atoms. The van der Waals surface area contributed by atoms with Crippen LogP contribution >= 0.6 is 0 Å². The van der Waals surface area contributed by atoms with Crippen LogP contribution in [-0.4, -0.2) is 5.87 Å². The zero-order valence-electron chi connectivity index (χ0n) is 4.83. The number of aliphatic imine (C=N–C) groups is 1. The minimum Gasteiger partial charge on any atom is -0.214 e. The van der Waals surface area contributed by atoms with Crippen molar-refractivity contribution in [1.29, 1.82) is 0 Å². The maximum absolute atomic E-state index is 5.11. The Kier molecular flexibility index (Phi) is 1.70. The summed E-state index contributed by atoms with van der Waals surface area (Å²) in [6.07, 6.45) is 12.0. The summed E-state index contributed by atoms with van der Waals surface area (Å²) >= 11 is 0. The number of hydrogen-bond acceptors (Lipinski definition) is 1. The van der Waals surface area contributed by atoms with Crippen LogP contribution in [0.5, 0.6) is 0 Å². The average molecular weight is 115 g/mol. The van der Waals surface area contributed by atoms with Crippen molar-refractivity contribution in [3.63, 3.8) is 0 Å². The van der Waals surface area contributed by atoms with Gasteiger partial charge in [-0.3, -0.25) is 0 Å². The minimum atomic E-state index is 0.823. The molecule has 0 aromatic heterocycles. The van der Waals surface area contributed by atoms with E-state index < -0.39 is 0 Å². The first-order chi connectivity index (χ1) is 4.43. The molecule has 1 rings (SSSR count). The first-order valence-corrected chi connectivity index (χ1v) is 2.55. The molecule has 0 saturated heterocycles. The quantitative estimate of drug-likeness (QED) is 0.422. The molecule has 0 N–H and O–H groups in total. The molecule has 1 nitrogen and oxygen atoms in total. The van der Waals surface area contributed by atoms with E-state index in [9.17, 15) is 0 Å². The highest BCUT2D eigenvalue weighted by Crippen LogP contribution is 1.96. The van der Waals surface area contributed by atoms with E-state index in [0.29, 0.717) is 0 Å². The molecule has 0 aromatic carbocycles. The second-order valence-corrected chi connectivity index (χ2v) is 1.51. The van der Waals surface area contributed by atoms with Gasteiger partial charge in [0.05, 0.1) is 0 Å². The Morgan fingerprint density at radius 1 is 1.67 bits per heavy atom. The molecule has 0 aliphatic carbocycles. The molecule has 0 radical (unpaired) electrons. The number of nitrogens with zero attached hydrogens (tertiary/aromatic N) is 1. The van der Waals surface area contributed by atoms with E-state index in [1.165, 1.54) is 0 Å². The third kappa shape index (κ3) is 1.45. The number of hydrogen-bond donors (Lipinski definition) is 0. The lowest BCUT2D eigenvalue weighted by Crippen LogP contribution is -1.65. The second kappa shape index (κ2) is 2.71. The van der Waals surface area contributed by atoms with Gasteiger partial charge in [0.15, 0.2) is 0 Å². The van der Waals surface area contributed by atoms with Crippen molar-refractivity contribution in [1.82, 2.24) is 0 Å². The topological polar surface area (TPSA) is 12.4 Å². The molecule has 0 aromatic rings. The van der Waals surface area contributed by atoms with E-state index >= 15 is 0 Å². The number of allylic oxidation sites excluding steroid dienone is 4. The highest BCUT2D eigenvalue weighted by atomic mass is 14.6. The van der Waals surface area contributed by atoms with Crippen LogP contribution in [0.3, 0.4) is 0 Å². The van der Waals surface area contributed by atoms with Crippen molar-refractivity contribution < 1.29 is 0 Å². The Labute approximate surface area is 54.1 Å². The first kappa shape index (κ1) is 5.62. The molecular weight excluding hydrogens is 110 g/mol. The second-order valence-electron chi connectivity index (χ2n) is 1.51. The molecule has 1 aliphatic heterocycles.